The molecular formula is C23H28N4O. The molecule has 1 fully saturated rings. The van der Waals surface area contributed by atoms with Crippen LogP contribution in [0, 0.1) is 11.3 Å². The Morgan fingerprint density at radius 2 is 1.89 bits per heavy atom. The lowest BCUT2D eigenvalue weighted by atomic mass is 9.71. The lowest BCUT2D eigenvalue weighted by Crippen LogP contribution is -2.27. The molecule has 1 aliphatic carbocycles. The molecule has 2 aromatic heterocycles. The van der Waals surface area contributed by atoms with E-state index in [1.165, 1.54) is 25.7 Å². The van der Waals surface area contributed by atoms with Gasteiger partial charge in [0.1, 0.15) is 5.69 Å². The second-order valence-corrected chi connectivity index (χ2v) is 8.92. The van der Waals surface area contributed by atoms with Crippen LogP contribution in [0.25, 0.3) is 10.9 Å². The number of carbonyl (C=O) groups is 1. The predicted molar refractivity (Wildman–Crippen MR) is 112 cm³/mol. The number of nitrogens with zero attached hydrogens (tertiary/aromatic N) is 3. The Bertz CT molecular complexity index is 963. The van der Waals surface area contributed by atoms with Crippen LogP contribution in [0.1, 0.15) is 63.0 Å². The van der Waals surface area contributed by atoms with Gasteiger partial charge in [-0.15, -0.1) is 0 Å². The summed E-state index contributed by atoms with van der Waals surface area (Å²) in [4.78, 5) is 16.4. The molecule has 1 aliphatic rings. The Labute approximate surface area is 166 Å². The van der Waals surface area contributed by atoms with Gasteiger partial charge >= 0.3 is 0 Å². The van der Waals surface area contributed by atoms with Gasteiger partial charge in [0.25, 0.3) is 5.91 Å². The fourth-order valence-corrected chi connectivity index (χ4v) is 4.21. The van der Waals surface area contributed by atoms with Gasteiger partial charge in [-0.05, 0) is 67.3 Å². The highest BCUT2D eigenvalue weighted by Crippen LogP contribution is 2.41. The zero-order chi connectivity index (χ0) is 19.7. The first-order valence-corrected chi connectivity index (χ1v) is 10.1. The van der Waals surface area contributed by atoms with Crippen LogP contribution in [0.2, 0.25) is 0 Å². The van der Waals surface area contributed by atoms with Crippen LogP contribution in [-0.4, -0.2) is 20.7 Å². The number of benzene rings is 1. The Balaban J connectivity index is 1.47. The monoisotopic (exact) mass is 376 g/mol. The van der Waals surface area contributed by atoms with Crippen LogP contribution in [0.4, 0.5) is 5.69 Å². The molecule has 5 heteroatoms. The molecule has 1 saturated carbocycles. The van der Waals surface area contributed by atoms with Crippen molar-refractivity contribution >= 4 is 22.5 Å². The number of amides is 1. The number of hydrogen-bond acceptors (Lipinski definition) is 3. The van der Waals surface area contributed by atoms with E-state index in [2.05, 4.69) is 42.0 Å². The SMILES string of the molecule is CC(C)(C)C1CCC(n2cc3cc(NC(=O)c4ccccn4)ccc3n2)CC1. The zero-order valence-electron chi connectivity index (χ0n) is 16.9. The minimum Gasteiger partial charge on any atom is -0.321 e. The van der Waals surface area contributed by atoms with Gasteiger partial charge < -0.3 is 5.32 Å². The van der Waals surface area contributed by atoms with Gasteiger partial charge in [-0.1, -0.05) is 26.8 Å². The summed E-state index contributed by atoms with van der Waals surface area (Å²) in [5, 5.41) is 8.77. The Morgan fingerprint density at radius 1 is 1.11 bits per heavy atom. The van der Waals surface area contributed by atoms with E-state index >= 15 is 0 Å². The fraction of sp³-hybridized carbons (Fsp3) is 0.435. The van der Waals surface area contributed by atoms with E-state index < -0.39 is 0 Å². The molecule has 0 spiro atoms. The maximum absolute atomic E-state index is 12.3. The molecule has 2 heterocycles. The molecule has 4 rings (SSSR count). The summed E-state index contributed by atoms with van der Waals surface area (Å²) in [6.45, 7) is 7.04. The van der Waals surface area contributed by atoms with E-state index in [4.69, 9.17) is 5.10 Å². The van der Waals surface area contributed by atoms with Crippen molar-refractivity contribution in [2.24, 2.45) is 11.3 Å². The van der Waals surface area contributed by atoms with Crippen molar-refractivity contribution in [2.45, 2.75) is 52.5 Å². The van der Waals surface area contributed by atoms with Crippen molar-refractivity contribution in [3.8, 4) is 0 Å². The van der Waals surface area contributed by atoms with Crippen LogP contribution < -0.4 is 5.32 Å². The quantitative estimate of drug-likeness (QED) is 0.660. The second kappa shape index (κ2) is 7.38. The van der Waals surface area contributed by atoms with Crippen LogP contribution in [0.3, 0.4) is 0 Å². The van der Waals surface area contributed by atoms with Gasteiger partial charge in [0.2, 0.25) is 0 Å². The largest absolute Gasteiger partial charge is 0.321 e. The molecule has 0 bridgehead atoms. The van der Waals surface area contributed by atoms with Crippen LogP contribution in [-0.2, 0) is 0 Å². The zero-order valence-corrected chi connectivity index (χ0v) is 16.9. The number of nitrogens with one attached hydrogen (secondary N) is 1. The summed E-state index contributed by atoms with van der Waals surface area (Å²) in [6, 6.07) is 11.6. The summed E-state index contributed by atoms with van der Waals surface area (Å²) in [5.74, 6) is 0.593. The number of anilines is 1. The van der Waals surface area contributed by atoms with Crippen molar-refractivity contribution in [2.75, 3.05) is 5.32 Å². The molecule has 1 aromatic carbocycles. The third-order valence-corrected chi connectivity index (χ3v) is 5.97. The molecule has 1 amide bonds. The third kappa shape index (κ3) is 3.93. The minimum absolute atomic E-state index is 0.201. The predicted octanol–water partition coefficient (Wildman–Crippen LogP) is 5.46. The molecule has 28 heavy (non-hydrogen) atoms. The van der Waals surface area contributed by atoms with Gasteiger partial charge in [-0.2, -0.15) is 5.10 Å². The average molecular weight is 377 g/mol. The maximum atomic E-state index is 12.3. The van der Waals surface area contributed by atoms with E-state index in [1.807, 2.05) is 24.3 Å². The molecule has 1 N–H and O–H groups in total. The smallest absolute Gasteiger partial charge is 0.274 e. The number of pyridine rings is 1. The van der Waals surface area contributed by atoms with Gasteiger partial charge in [0.15, 0.2) is 0 Å². The number of hydrogen-bond donors (Lipinski definition) is 1. The summed E-state index contributed by atoms with van der Waals surface area (Å²) >= 11 is 0. The van der Waals surface area contributed by atoms with Crippen molar-refractivity contribution in [1.82, 2.24) is 14.8 Å². The highest BCUT2D eigenvalue weighted by atomic mass is 16.1. The number of carbonyl (C=O) groups excluding carboxylic acids is 1. The first-order valence-electron chi connectivity index (χ1n) is 10.1. The van der Waals surface area contributed by atoms with Crippen molar-refractivity contribution in [1.29, 1.82) is 0 Å². The molecule has 5 nitrogen and oxygen atoms in total. The molecule has 3 aromatic rings. The van der Waals surface area contributed by atoms with Crippen LogP contribution in [0.5, 0.6) is 0 Å². The first-order chi connectivity index (χ1) is 13.4. The number of rotatable bonds is 3. The van der Waals surface area contributed by atoms with Crippen LogP contribution in [0.15, 0.2) is 48.8 Å². The van der Waals surface area contributed by atoms with E-state index in [1.54, 1.807) is 18.3 Å². The minimum atomic E-state index is -0.201. The number of fused-ring (bicyclic) bond motifs is 1. The van der Waals surface area contributed by atoms with Gasteiger partial charge in [0, 0.05) is 23.5 Å². The van der Waals surface area contributed by atoms with Crippen LogP contribution >= 0.6 is 0 Å². The summed E-state index contributed by atoms with van der Waals surface area (Å²) in [6.07, 6.45) is 8.62. The van der Waals surface area contributed by atoms with E-state index in [0.717, 1.165) is 22.5 Å². The maximum Gasteiger partial charge on any atom is 0.274 e. The first kappa shape index (κ1) is 18.7. The Morgan fingerprint density at radius 3 is 2.57 bits per heavy atom. The standard InChI is InChI=1S/C23H28N4O/c1-23(2,3)17-7-10-19(11-8-17)27-15-16-14-18(9-12-20(16)26-27)25-22(28)21-6-4-5-13-24-21/h4-6,9,12-15,17,19H,7-8,10-11H2,1-3H3,(H,25,28). The highest BCUT2D eigenvalue weighted by Gasteiger charge is 2.30. The summed E-state index contributed by atoms with van der Waals surface area (Å²) in [7, 11) is 0. The Hall–Kier alpha value is -2.69. The molecule has 0 unspecified atom stereocenters. The van der Waals surface area contributed by atoms with E-state index in [-0.39, 0.29) is 5.91 Å². The highest BCUT2D eigenvalue weighted by molar-refractivity contribution is 6.03. The molecule has 0 atom stereocenters. The average Bonchev–Trinajstić information content (AvgIpc) is 3.11. The molecule has 0 aliphatic heterocycles. The summed E-state index contributed by atoms with van der Waals surface area (Å²) < 4.78 is 2.13. The molecule has 0 saturated heterocycles. The molecule has 146 valence electrons. The van der Waals surface area contributed by atoms with Crippen molar-refractivity contribution in [3.05, 3.63) is 54.5 Å². The number of aromatic nitrogens is 3. The van der Waals surface area contributed by atoms with Gasteiger partial charge in [0.05, 0.1) is 11.6 Å². The third-order valence-electron chi connectivity index (χ3n) is 5.97. The fourth-order valence-electron chi connectivity index (χ4n) is 4.21. The van der Waals surface area contributed by atoms with Crippen molar-refractivity contribution in [3.63, 3.8) is 0 Å². The summed E-state index contributed by atoms with van der Waals surface area (Å²) in [5.41, 5.74) is 2.53. The van der Waals surface area contributed by atoms with Crippen molar-refractivity contribution < 1.29 is 4.79 Å². The van der Waals surface area contributed by atoms with E-state index in [0.29, 0.717) is 17.2 Å². The van der Waals surface area contributed by atoms with Gasteiger partial charge in [-0.25, -0.2) is 0 Å². The molecule has 0 radical (unpaired) electrons. The lowest BCUT2D eigenvalue weighted by Gasteiger charge is -2.37. The van der Waals surface area contributed by atoms with Gasteiger partial charge in [-0.3, -0.25) is 14.5 Å². The lowest BCUT2D eigenvalue weighted by molar-refractivity contribution is 0.102. The van der Waals surface area contributed by atoms with E-state index in [9.17, 15) is 4.79 Å². The Kier molecular flexibility index (Phi) is 4.92. The topological polar surface area (TPSA) is 59.8 Å². The second-order valence-electron chi connectivity index (χ2n) is 8.92. The normalized spacial score (nSPS) is 20.2. The molecular weight excluding hydrogens is 348 g/mol.